The van der Waals surface area contributed by atoms with Crippen molar-refractivity contribution in [1.29, 1.82) is 0 Å². The summed E-state index contributed by atoms with van der Waals surface area (Å²) in [5, 5.41) is 12.4. The van der Waals surface area contributed by atoms with E-state index in [1.54, 1.807) is 4.90 Å². The molecule has 2 aromatic carbocycles. The predicted molar refractivity (Wildman–Crippen MR) is 82.6 cm³/mol. The SMILES string of the molecule is CCCCN1C(=O)c2ccc(Br)c3cccc(c23)C1O. The molecule has 1 amide bonds. The minimum absolute atomic E-state index is 0.0813. The van der Waals surface area contributed by atoms with Crippen molar-refractivity contribution in [2.75, 3.05) is 6.54 Å². The van der Waals surface area contributed by atoms with E-state index in [0.29, 0.717) is 12.1 Å². The number of unbranched alkanes of at least 4 members (excludes halogenated alkanes) is 1. The Morgan fingerprint density at radius 2 is 2.10 bits per heavy atom. The summed E-state index contributed by atoms with van der Waals surface area (Å²) in [6.45, 7) is 2.66. The van der Waals surface area contributed by atoms with Crippen molar-refractivity contribution in [3.63, 3.8) is 0 Å². The van der Waals surface area contributed by atoms with Gasteiger partial charge in [-0.05, 0) is 23.9 Å². The minimum Gasteiger partial charge on any atom is -0.369 e. The molecule has 1 aliphatic rings. The van der Waals surface area contributed by atoms with Crippen LogP contribution >= 0.6 is 15.9 Å². The van der Waals surface area contributed by atoms with Crippen LogP contribution in [-0.2, 0) is 0 Å². The summed E-state index contributed by atoms with van der Waals surface area (Å²) in [6, 6.07) is 9.52. The predicted octanol–water partition coefficient (Wildman–Crippen LogP) is 3.85. The van der Waals surface area contributed by atoms with Crippen molar-refractivity contribution < 1.29 is 9.90 Å². The van der Waals surface area contributed by atoms with Gasteiger partial charge in [0.25, 0.3) is 5.91 Å². The molecule has 0 fully saturated rings. The zero-order valence-electron chi connectivity index (χ0n) is 11.3. The number of hydrogen-bond acceptors (Lipinski definition) is 2. The first-order valence-corrected chi connectivity index (χ1v) is 7.64. The van der Waals surface area contributed by atoms with Gasteiger partial charge in [0, 0.05) is 27.5 Å². The highest BCUT2D eigenvalue weighted by molar-refractivity contribution is 9.10. The molecule has 1 unspecified atom stereocenters. The largest absolute Gasteiger partial charge is 0.369 e. The summed E-state index contributed by atoms with van der Waals surface area (Å²) in [6.07, 6.45) is 1.04. The van der Waals surface area contributed by atoms with E-state index in [1.165, 1.54) is 0 Å². The van der Waals surface area contributed by atoms with Gasteiger partial charge < -0.3 is 10.0 Å². The molecule has 1 aliphatic heterocycles. The molecule has 104 valence electrons. The van der Waals surface area contributed by atoms with Crippen LogP contribution in [0.15, 0.2) is 34.8 Å². The number of benzene rings is 2. The van der Waals surface area contributed by atoms with Gasteiger partial charge in [-0.3, -0.25) is 4.79 Å². The fourth-order valence-corrected chi connectivity index (χ4v) is 3.24. The van der Waals surface area contributed by atoms with Gasteiger partial charge in [0.05, 0.1) is 0 Å². The average Bonchev–Trinajstić information content (AvgIpc) is 2.46. The van der Waals surface area contributed by atoms with Gasteiger partial charge in [0.2, 0.25) is 0 Å². The highest BCUT2D eigenvalue weighted by Crippen LogP contribution is 2.38. The quantitative estimate of drug-likeness (QED) is 0.926. The van der Waals surface area contributed by atoms with Crippen LogP contribution in [0.1, 0.15) is 41.9 Å². The normalized spacial score (nSPS) is 17.9. The van der Waals surface area contributed by atoms with Crippen molar-refractivity contribution in [2.45, 2.75) is 26.0 Å². The van der Waals surface area contributed by atoms with Crippen molar-refractivity contribution in [1.82, 2.24) is 4.90 Å². The number of hydrogen-bond donors (Lipinski definition) is 1. The molecule has 0 saturated heterocycles. The molecule has 0 spiro atoms. The fraction of sp³-hybridized carbons (Fsp3) is 0.312. The molecule has 0 aliphatic carbocycles. The van der Waals surface area contributed by atoms with E-state index in [1.807, 2.05) is 30.3 Å². The van der Waals surface area contributed by atoms with Crippen molar-refractivity contribution in [3.8, 4) is 0 Å². The molecule has 0 radical (unpaired) electrons. The molecule has 4 heteroatoms. The van der Waals surface area contributed by atoms with Gasteiger partial charge in [0.15, 0.2) is 6.23 Å². The Morgan fingerprint density at radius 1 is 1.30 bits per heavy atom. The molecule has 1 atom stereocenters. The van der Waals surface area contributed by atoms with E-state index in [2.05, 4.69) is 22.9 Å². The third kappa shape index (κ3) is 1.95. The van der Waals surface area contributed by atoms with Crippen LogP contribution in [0, 0.1) is 0 Å². The summed E-state index contributed by atoms with van der Waals surface area (Å²) >= 11 is 3.51. The van der Waals surface area contributed by atoms with E-state index in [9.17, 15) is 9.90 Å². The maximum Gasteiger partial charge on any atom is 0.256 e. The molecule has 0 bridgehead atoms. The second-order valence-electron chi connectivity index (χ2n) is 5.09. The van der Waals surface area contributed by atoms with Gasteiger partial charge in [-0.15, -0.1) is 0 Å². The van der Waals surface area contributed by atoms with Crippen LogP contribution in [0.4, 0.5) is 0 Å². The van der Waals surface area contributed by atoms with Crippen LogP contribution < -0.4 is 0 Å². The monoisotopic (exact) mass is 333 g/mol. The van der Waals surface area contributed by atoms with Crippen LogP contribution in [0.3, 0.4) is 0 Å². The van der Waals surface area contributed by atoms with Crippen LogP contribution in [0.5, 0.6) is 0 Å². The summed E-state index contributed by atoms with van der Waals surface area (Å²) in [7, 11) is 0. The molecular weight excluding hydrogens is 318 g/mol. The number of aliphatic hydroxyl groups is 1. The number of amides is 1. The second-order valence-corrected chi connectivity index (χ2v) is 5.94. The lowest BCUT2D eigenvalue weighted by Crippen LogP contribution is -2.38. The zero-order chi connectivity index (χ0) is 14.3. The first-order valence-electron chi connectivity index (χ1n) is 6.85. The fourth-order valence-electron chi connectivity index (χ4n) is 2.78. The number of aliphatic hydroxyl groups excluding tert-OH is 1. The molecule has 1 N–H and O–H groups in total. The lowest BCUT2D eigenvalue weighted by atomic mass is 9.93. The van der Waals surface area contributed by atoms with Crippen LogP contribution in [0.25, 0.3) is 10.8 Å². The zero-order valence-corrected chi connectivity index (χ0v) is 12.9. The Kier molecular flexibility index (Phi) is 3.52. The van der Waals surface area contributed by atoms with E-state index in [-0.39, 0.29) is 5.91 Å². The van der Waals surface area contributed by atoms with Gasteiger partial charge in [0.1, 0.15) is 0 Å². The topological polar surface area (TPSA) is 40.5 Å². The van der Waals surface area contributed by atoms with Gasteiger partial charge in [-0.1, -0.05) is 47.5 Å². The van der Waals surface area contributed by atoms with Gasteiger partial charge in [-0.2, -0.15) is 0 Å². The maximum absolute atomic E-state index is 12.6. The van der Waals surface area contributed by atoms with Gasteiger partial charge in [-0.25, -0.2) is 0 Å². The average molecular weight is 334 g/mol. The van der Waals surface area contributed by atoms with Crippen LogP contribution in [-0.4, -0.2) is 22.5 Å². The Morgan fingerprint density at radius 3 is 2.85 bits per heavy atom. The summed E-state index contributed by atoms with van der Waals surface area (Å²) in [5.74, 6) is -0.0813. The van der Waals surface area contributed by atoms with Gasteiger partial charge >= 0.3 is 0 Å². The Hall–Kier alpha value is -1.39. The van der Waals surface area contributed by atoms with E-state index >= 15 is 0 Å². The standard InChI is InChI=1S/C16H16BrNO2/c1-2-3-9-18-15(19)11-6-4-5-10-13(17)8-7-12(14(10)11)16(18)20/h4-8,15,19H,2-3,9H2,1H3. The minimum atomic E-state index is -0.848. The lowest BCUT2D eigenvalue weighted by Gasteiger charge is -2.34. The summed E-state index contributed by atoms with van der Waals surface area (Å²) < 4.78 is 0.945. The number of rotatable bonds is 3. The molecule has 3 nitrogen and oxygen atoms in total. The van der Waals surface area contributed by atoms with E-state index in [0.717, 1.165) is 33.7 Å². The molecular formula is C16H16BrNO2. The van der Waals surface area contributed by atoms with Crippen molar-refractivity contribution >= 4 is 32.6 Å². The highest BCUT2D eigenvalue weighted by Gasteiger charge is 2.32. The molecule has 20 heavy (non-hydrogen) atoms. The number of carbonyl (C=O) groups is 1. The summed E-state index contributed by atoms with van der Waals surface area (Å²) in [4.78, 5) is 14.1. The third-order valence-electron chi connectivity index (χ3n) is 3.84. The van der Waals surface area contributed by atoms with E-state index in [4.69, 9.17) is 0 Å². The molecule has 0 saturated carbocycles. The third-order valence-corrected chi connectivity index (χ3v) is 4.53. The number of halogens is 1. The summed E-state index contributed by atoms with van der Waals surface area (Å²) in [5.41, 5.74) is 1.50. The highest BCUT2D eigenvalue weighted by atomic mass is 79.9. The van der Waals surface area contributed by atoms with Crippen LogP contribution in [0.2, 0.25) is 0 Å². The first kappa shape index (κ1) is 13.6. The Bertz CT molecular complexity index is 683. The smallest absolute Gasteiger partial charge is 0.256 e. The Balaban J connectivity index is 2.20. The molecule has 0 aromatic heterocycles. The lowest BCUT2D eigenvalue weighted by molar-refractivity contribution is 0.00439. The number of nitrogens with zero attached hydrogens (tertiary/aromatic N) is 1. The molecule has 2 aromatic rings. The van der Waals surface area contributed by atoms with E-state index < -0.39 is 6.23 Å². The molecule has 1 heterocycles. The second kappa shape index (κ2) is 5.19. The maximum atomic E-state index is 12.6. The number of carbonyl (C=O) groups excluding carboxylic acids is 1. The first-order chi connectivity index (χ1) is 9.65. The Labute approximate surface area is 126 Å². The molecule has 3 rings (SSSR count). The van der Waals surface area contributed by atoms with Crippen molar-refractivity contribution in [3.05, 3.63) is 45.9 Å². The van der Waals surface area contributed by atoms with Crippen molar-refractivity contribution in [2.24, 2.45) is 0 Å².